The number of nitrogen functional groups attached to an aromatic ring is 1. The van der Waals surface area contributed by atoms with Gasteiger partial charge in [-0.05, 0) is 49.9 Å². The molecule has 0 heterocycles. The lowest BCUT2D eigenvalue weighted by molar-refractivity contribution is 0.0953. The number of hydrogen-bond donors (Lipinski definition) is 2. The maximum absolute atomic E-state index is 13.9. The van der Waals surface area contributed by atoms with Crippen LogP contribution in [-0.2, 0) is 6.54 Å². The van der Waals surface area contributed by atoms with Gasteiger partial charge in [0.15, 0.2) is 0 Å². The monoisotopic (exact) mass is 279 g/mol. The molecule has 1 saturated carbocycles. The van der Waals surface area contributed by atoms with Crippen LogP contribution in [0, 0.1) is 11.7 Å². The Balaban J connectivity index is 2.10. The van der Waals surface area contributed by atoms with Crippen LogP contribution in [0.5, 0.6) is 0 Å². The molecule has 0 spiro atoms. The van der Waals surface area contributed by atoms with Gasteiger partial charge >= 0.3 is 0 Å². The fourth-order valence-corrected chi connectivity index (χ4v) is 2.38. The van der Waals surface area contributed by atoms with Crippen molar-refractivity contribution in [3.63, 3.8) is 0 Å². The van der Waals surface area contributed by atoms with Crippen LogP contribution in [0.1, 0.15) is 42.1 Å². The number of benzene rings is 1. The third kappa shape index (κ3) is 4.02. The second-order valence-electron chi connectivity index (χ2n) is 5.46. The van der Waals surface area contributed by atoms with Crippen LogP contribution >= 0.6 is 0 Å². The molecule has 1 aliphatic carbocycles. The number of amides is 1. The third-order valence-electron chi connectivity index (χ3n) is 3.59. The van der Waals surface area contributed by atoms with Crippen molar-refractivity contribution in [2.75, 3.05) is 13.1 Å². The minimum absolute atomic E-state index is 0.268. The van der Waals surface area contributed by atoms with Crippen molar-refractivity contribution in [3.8, 4) is 0 Å². The molecular formula is C15H22FN3O. The van der Waals surface area contributed by atoms with Gasteiger partial charge in [0.1, 0.15) is 5.82 Å². The Morgan fingerprint density at radius 3 is 2.85 bits per heavy atom. The lowest BCUT2D eigenvalue weighted by Gasteiger charge is -2.22. The van der Waals surface area contributed by atoms with Gasteiger partial charge in [0.05, 0.1) is 0 Å². The molecular weight excluding hydrogens is 257 g/mol. The lowest BCUT2D eigenvalue weighted by atomic mass is 10.1. The highest BCUT2D eigenvalue weighted by molar-refractivity contribution is 5.93. The Labute approximate surface area is 119 Å². The number of nitrogens with zero attached hydrogens (tertiary/aromatic N) is 1. The maximum Gasteiger partial charge on any atom is 0.265 e. The molecule has 0 radical (unpaired) electrons. The fourth-order valence-electron chi connectivity index (χ4n) is 2.38. The van der Waals surface area contributed by atoms with Crippen LogP contribution in [0.15, 0.2) is 18.2 Å². The smallest absolute Gasteiger partial charge is 0.265 e. The minimum atomic E-state index is -0.393. The van der Waals surface area contributed by atoms with Gasteiger partial charge in [-0.3, -0.25) is 15.1 Å². The summed E-state index contributed by atoms with van der Waals surface area (Å²) in [5.41, 5.74) is 3.02. The van der Waals surface area contributed by atoms with E-state index in [4.69, 9.17) is 5.84 Å². The molecule has 5 heteroatoms. The van der Waals surface area contributed by atoms with Crippen LogP contribution in [0.25, 0.3) is 0 Å². The lowest BCUT2D eigenvalue weighted by Crippen LogP contribution is -2.30. The van der Waals surface area contributed by atoms with Crippen LogP contribution in [0.2, 0.25) is 0 Å². The zero-order chi connectivity index (χ0) is 14.5. The SMILES string of the molecule is CCCN(Cc1cc(C(=O)NN)ccc1F)CC1CC1. The molecule has 4 nitrogen and oxygen atoms in total. The molecule has 0 saturated heterocycles. The van der Waals surface area contributed by atoms with E-state index >= 15 is 0 Å². The van der Waals surface area contributed by atoms with Crippen LogP contribution in [-0.4, -0.2) is 23.9 Å². The van der Waals surface area contributed by atoms with E-state index in [1.54, 1.807) is 6.07 Å². The van der Waals surface area contributed by atoms with Gasteiger partial charge in [0.25, 0.3) is 5.91 Å². The van der Waals surface area contributed by atoms with E-state index < -0.39 is 5.91 Å². The number of nitrogens with one attached hydrogen (secondary N) is 1. The van der Waals surface area contributed by atoms with Crippen molar-refractivity contribution in [2.24, 2.45) is 11.8 Å². The maximum atomic E-state index is 13.9. The number of rotatable bonds is 7. The molecule has 3 N–H and O–H groups in total. The number of hydrogen-bond acceptors (Lipinski definition) is 3. The molecule has 110 valence electrons. The summed E-state index contributed by atoms with van der Waals surface area (Å²) < 4.78 is 13.9. The fraction of sp³-hybridized carbons (Fsp3) is 0.533. The number of hydrazine groups is 1. The first kappa shape index (κ1) is 14.9. The van der Waals surface area contributed by atoms with Crippen molar-refractivity contribution in [3.05, 3.63) is 35.1 Å². The van der Waals surface area contributed by atoms with E-state index in [-0.39, 0.29) is 5.82 Å². The molecule has 0 aromatic heterocycles. The van der Waals surface area contributed by atoms with E-state index in [9.17, 15) is 9.18 Å². The average molecular weight is 279 g/mol. The predicted molar refractivity (Wildman–Crippen MR) is 76.3 cm³/mol. The van der Waals surface area contributed by atoms with Crippen molar-refractivity contribution in [2.45, 2.75) is 32.7 Å². The summed E-state index contributed by atoms with van der Waals surface area (Å²) in [6.07, 6.45) is 3.59. The summed E-state index contributed by atoms with van der Waals surface area (Å²) in [4.78, 5) is 13.8. The van der Waals surface area contributed by atoms with Crippen molar-refractivity contribution in [1.29, 1.82) is 0 Å². The minimum Gasteiger partial charge on any atom is -0.299 e. The van der Waals surface area contributed by atoms with Crippen LogP contribution in [0.3, 0.4) is 0 Å². The zero-order valence-electron chi connectivity index (χ0n) is 11.9. The zero-order valence-corrected chi connectivity index (χ0v) is 11.9. The van der Waals surface area contributed by atoms with Gasteiger partial charge in [0, 0.05) is 24.2 Å². The Morgan fingerprint density at radius 2 is 2.25 bits per heavy atom. The van der Waals surface area contributed by atoms with Gasteiger partial charge in [-0.15, -0.1) is 0 Å². The summed E-state index contributed by atoms with van der Waals surface area (Å²) in [5.74, 6) is 5.21. The highest BCUT2D eigenvalue weighted by atomic mass is 19.1. The van der Waals surface area contributed by atoms with Gasteiger partial charge < -0.3 is 0 Å². The van der Waals surface area contributed by atoms with Gasteiger partial charge in [-0.25, -0.2) is 10.2 Å². The first-order valence-electron chi connectivity index (χ1n) is 7.15. The number of carbonyl (C=O) groups excluding carboxylic acids is 1. The summed E-state index contributed by atoms with van der Waals surface area (Å²) in [7, 11) is 0. The molecule has 0 aliphatic heterocycles. The van der Waals surface area contributed by atoms with E-state index in [1.807, 2.05) is 0 Å². The standard InChI is InChI=1S/C15H22FN3O/c1-2-7-19(9-11-3-4-11)10-13-8-12(15(20)18-17)5-6-14(13)16/h5-6,8,11H,2-4,7,9-10,17H2,1H3,(H,18,20). The summed E-state index contributed by atoms with van der Waals surface area (Å²) in [6.45, 7) is 4.63. The molecule has 1 fully saturated rings. The van der Waals surface area contributed by atoms with Gasteiger partial charge in [-0.1, -0.05) is 6.92 Å². The van der Waals surface area contributed by atoms with Gasteiger partial charge in [0.2, 0.25) is 0 Å². The van der Waals surface area contributed by atoms with E-state index in [0.29, 0.717) is 17.7 Å². The van der Waals surface area contributed by atoms with E-state index in [1.165, 1.54) is 25.0 Å². The summed E-state index contributed by atoms with van der Waals surface area (Å²) in [5, 5.41) is 0. The first-order valence-corrected chi connectivity index (χ1v) is 7.15. The molecule has 1 aromatic rings. The summed E-state index contributed by atoms with van der Waals surface area (Å²) in [6, 6.07) is 4.38. The van der Waals surface area contributed by atoms with Crippen LogP contribution < -0.4 is 11.3 Å². The van der Waals surface area contributed by atoms with Gasteiger partial charge in [-0.2, -0.15) is 0 Å². The first-order chi connectivity index (χ1) is 9.63. The largest absolute Gasteiger partial charge is 0.299 e. The van der Waals surface area contributed by atoms with Crippen LogP contribution in [0.4, 0.5) is 4.39 Å². The van der Waals surface area contributed by atoms with E-state index in [0.717, 1.165) is 25.4 Å². The Kier molecular flexibility index (Phi) is 5.09. The normalized spacial score (nSPS) is 14.6. The third-order valence-corrected chi connectivity index (χ3v) is 3.59. The number of halogens is 1. The molecule has 1 aromatic carbocycles. The molecule has 1 aliphatic rings. The number of carbonyl (C=O) groups is 1. The Bertz CT molecular complexity index is 474. The highest BCUT2D eigenvalue weighted by Crippen LogP contribution is 2.30. The second-order valence-corrected chi connectivity index (χ2v) is 5.46. The Hall–Kier alpha value is -1.46. The number of nitrogens with two attached hydrogens (primary N) is 1. The topological polar surface area (TPSA) is 58.4 Å². The van der Waals surface area contributed by atoms with E-state index in [2.05, 4.69) is 17.2 Å². The molecule has 0 bridgehead atoms. The molecule has 1 amide bonds. The van der Waals surface area contributed by atoms with Crippen molar-refractivity contribution >= 4 is 5.91 Å². The molecule has 2 rings (SSSR count). The average Bonchev–Trinajstić information content (AvgIpc) is 3.24. The predicted octanol–water partition coefficient (Wildman–Crippen LogP) is 2.05. The van der Waals surface area contributed by atoms with Crippen molar-refractivity contribution < 1.29 is 9.18 Å². The highest BCUT2D eigenvalue weighted by Gasteiger charge is 2.24. The van der Waals surface area contributed by atoms with Crippen molar-refractivity contribution in [1.82, 2.24) is 10.3 Å². The molecule has 20 heavy (non-hydrogen) atoms. The quantitative estimate of drug-likeness (QED) is 0.456. The Morgan fingerprint density at radius 1 is 1.50 bits per heavy atom. The summed E-state index contributed by atoms with van der Waals surface area (Å²) >= 11 is 0. The second kappa shape index (κ2) is 6.81. The molecule has 0 unspecified atom stereocenters. The molecule has 0 atom stereocenters.